The van der Waals surface area contributed by atoms with Crippen LogP contribution in [0.15, 0.2) is 66.7 Å². The van der Waals surface area contributed by atoms with Gasteiger partial charge >= 0.3 is 11.9 Å². The van der Waals surface area contributed by atoms with E-state index >= 15 is 0 Å². The number of ether oxygens (including phenoxy) is 4. The maximum absolute atomic E-state index is 11.7. The molecule has 1 aliphatic carbocycles. The monoisotopic (exact) mass is 551 g/mol. The summed E-state index contributed by atoms with van der Waals surface area (Å²) in [5.74, 6) is -0.694. The van der Waals surface area contributed by atoms with E-state index in [4.69, 9.17) is 14.2 Å². The first-order valence-electron chi connectivity index (χ1n) is 14.2. The SMILES string of the molecule is CC(=O)OCOC(=O)CC/C=C\CCC1[C@@H](OCc2ccc(-c3ccccc3)cc2)C[C@H](O)[C@@H]1N1CCOCC1. The molecule has 1 N–H and O–H groups in total. The molecule has 1 aliphatic heterocycles. The van der Waals surface area contributed by atoms with E-state index < -0.39 is 18.0 Å². The van der Waals surface area contributed by atoms with Gasteiger partial charge in [-0.15, -0.1) is 0 Å². The topological polar surface area (TPSA) is 94.5 Å². The minimum atomic E-state index is -0.483. The highest BCUT2D eigenvalue weighted by Gasteiger charge is 2.45. The summed E-state index contributed by atoms with van der Waals surface area (Å²) < 4.78 is 21.5. The van der Waals surface area contributed by atoms with Crippen molar-refractivity contribution in [3.8, 4) is 11.1 Å². The lowest BCUT2D eigenvalue weighted by atomic mass is 9.93. The number of carbonyl (C=O) groups excluding carboxylic acids is 2. The normalized spacial score (nSPS) is 23.4. The van der Waals surface area contributed by atoms with Crippen molar-refractivity contribution in [2.75, 3.05) is 33.1 Å². The number of aliphatic hydroxyl groups excluding tert-OH is 1. The number of allylic oxidation sites excluding steroid dienone is 2. The van der Waals surface area contributed by atoms with Crippen molar-refractivity contribution in [2.45, 2.75) is 63.9 Å². The fourth-order valence-corrected chi connectivity index (χ4v) is 5.60. The van der Waals surface area contributed by atoms with Crippen LogP contribution in [0.25, 0.3) is 11.1 Å². The lowest BCUT2D eigenvalue weighted by Gasteiger charge is -2.38. The van der Waals surface area contributed by atoms with Crippen molar-refractivity contribution in [2.24, 2.45) is 5.92 Å². The van der Waals surface area contributed by atoms with E-state index in [9.17, 15) is 14.7 Å². The number of aliphatic hydroxyl groups is 1. The van der Waals surface area contributed by atoms with E-state index in [-0.39, 0.29) is 31.3 Å². The second-order valence-corrected chi connectivity index (χ2v) is 10.4. The van der Waals surface area contributed by atoms with Crippen LogP contribution in [0.3, 0.4) is 0 Å². The van der Waals surface area contributed by atoms with Gasteiger partial charge in [-0.1, -0.05) is 66.7 Å². The lowest BCUT2D eigenvalue weighted by Crippen LogP contribution is -2.50. The number of morpholine rings is 1. The Balaban J connectivity index is 1.30. The van der Waals surface area contributed by atoms with Gasteiger partial charge in [0, 0.05) is 44.8 Å². The zero-order valence-electron chi connectivity index (χ0n) is 23.3. The molecule has 40 heavy (non-hydrogen) atoms. The first-order valence-corrected chi connectivity index (χ1v) is 14.2. The maximum Gasteiger partial charge on any atom is 0.308 e. The van der Waals surface area contributed by atoms with Crippen molar-refractivity contribution in [3.63, 3.8) is 0 Å². The fourth-order valence-electron chi connectivity index (χ4n) is 5.60. The van der Waals surface area contributed by atoms with Crippen LogP contribution >= 0.6 is 0 Å². The molecule has 0 spiro atoms. The summed E-state index contributed by atoms with van der Waals surface area (Å²) >= 11 is 0. The van der Waals surface area contributed by atoms with Gasteiger partial charge in [0.1, 0.15) is 0 Å². The molecule has 2 aromatic rings. The summed E-state index contributed by atoms with van der Waals surface area (Å²) in [5.41, 5.74) is 3.48. The van der Waals surface area contributed by atoms with Crippen LogP contribution < -0.4 is 0 Å². The van der Waals surface area contributed by atoms with Crippen LogP contribution in [0.5, 0.6) is 0 Å². The van der Waals surface area contributed by atoms with Gasteiger partial charge < -0.3 is 24.1 Å². The number of hydrogen-bond donors (Lipinski definition) is 1. The summed E-state index contributed by atoms with van der Waals surface area (Å²) in [5, 5.41) is 11.1. The first-order chi connectivity index (χ1) is 19.5. The minimum absolute atomic E-state index is 0.0405. The van der Waals surface area contributed by atoms with Crippen LogP contribution in [-0.2, 0) is 35.1 Å². The van der Waals surface area contributed by atoms with Crippen molar-refractivity contribution < 1.29 is 33.6 Å². The summed E-state index contributed by atoms with van der Waals surface area (Å²) in [4.78, 5) is 24.8. The predicted molar refractivity (Wildman–Crippen MR) is 151 cm³/mol. The smallest absolute Gasteiger partial charge is 0.308 e. The average Bonchev–Trinajstić information content (AvgIpc) is 3.29. The van der Waals surface area contributed by atoms with Crippen LogP contribution in [0.1, 0.15) is 44.6 Å². The van der Waals surface area contributed by atoms with E-state index in [2.05, 4.69) is 52.1 Å². The van der Waals surface area contributed by atoms with Gasteiger partial charge in [0.05, 0.1) is 32.0 Å². The summed E-state index contributed by atoms with van der Waals surface area (Å²) in [6.45, 7) is 4.43. The van der Waals surface area contributed by atoms with Crippen LogP contribution in [-0.4, -0.2) is 73.3 Å². The highest BCUT2D eigenvalue weighted by molar-refractivity contribution is 5.70. The van der Waals surface area contributed by atoms with Crippen LogP contribution in [0, 0.1) is 5.92 Å². The summed E-state index contributed by atoms with van der Waals surface area (Å²) in [6, 6.07) is 18.8. The molecule has 8 nitrogen and oxygen atoms in total. The van der Waals surface area contributed by atoms with E-state index in [1.165, 1.54) is 18.1 Å². The Hall–Kier alpha value is -3.04. The molecule has 1 unspecified atom stereocenters. The van der Waals surface area contributed by atoms with Crippen molar-refractivity contribution in [1.29, 1.82) is 0 Å². The van der Waals surface area contributed by atoms with Crippen molar-refractivity contribution >= 4 is 11.9 Å². The lowest BCUT2D eigenvalue weighted by molar-refractivity contribution is -0.165. The van der Waals surface area contributed by atoms with E-state index in [1.807, 2.05) is 24.3 Å². The Labute approximate surface area is 236 Å². The number of nitrogens with zero attached hydrogens (tertiary/aromatic N) is 1. The molecule has 1 saturated heterocycles. The molecule has 4 atom stereocenters. The zero-order valence-corrected chi connectivity index (χ0v) is 23.3. The number of hydrogen-bond acceptors (Lipinski definition) is 8. The van der Waals surface area contributed by atoms with Crippen LogP contribution in [0.2, 0.25) is 0 Å². The molecule has 0 aromatic heterocycles. The molecule has 2 aromatic carbocycles. The molecule has 2 fully saturated rings. The largest absolute Gasteiger partial charge is 0.428 e. The molecule has 2 aliphatic rings. The Bertz CT molecular complexity index is 1080. The van der Waals surface area contributed by atoms with Gasteiger partial charge in [-0.25, -0.2) is 0 Å². The third kappa shape index (κ3) is 8.99. The average molecular weight is 552 g/mol. The number of carbonyl (C=O) groups is 2. The molecule has 0 amide bonds. The molecule has 1 heterocycles. The van der Waals surface area contributed by atoms with Gasteiger partial charge in [-0.3, -0.25) is 14.5 Å². The van der Waals surface area contributed by atoms with Gasteiger partial charge in [0.15, 0.2) is 0 Å². The third-order valence-electron chi connectivity index (χ3n) is 7.61. The molecule has 4 rings (SSSR count). The zero-order chi connectivity index (χ0) is 28.2. The molecule has 8 heteroatoms. The summed E-state index contributed by atoms with van der Waals surface area (Å²) in [7, 11) is 0. The highest BCUT2D eigenvalue weighted by atomic mass is 16.7. The molecule has 216 valence electrons. The number of benzene rings is 2. The minimum Gasteiger partial charge on any atom is -0.428 e. The molecule has 1 saturated carbocycles. The number of rotatable bonds is 13. The number of esters is 2. The van der Waals surface area contributed by atoms with E-state index in [0.717, 1.165) is 31.5 Å². The van der Waals surface area contributed by atoms with Crippen molar-refractivity contribution in [3.05, 3.63) is 72.3 Å². The Morgan fingerprint density at radius 3 is 2.40 bits per heavy atom. The second kappa shape index (κ2) is 15.7. The summed E-state index contributed by atoms with van der Waals surface area (Å²) in [6.07, 6.45) is 6.68. The van der Waals surface area contributed by atoms with Crippen LogP contribution in [0.4, 0.5) is 0 Å². The molecular weight excluding hydrogens is 510 g/mol. The maximum atomic E-state index is 11.7. The molecule has 0 radical (unpaired) electrons. The predicted octanol–water partition coefficient (Wildman–Crippen LogP) is 4.50. The Morgan fingerprint density at radius 2 is 1.68 bits per heavy atom. The third-order valence-corrected chi connectivity index (χ3v) is 7.61. The van der Waals surface area contributed by atoms with Gasteiger partial charge in [0.25, 0.3) is 0 Å². The van der Waals surface area contributed by atoms with Crippen molar-refractivity contribution in [1.82, 2.24) is 4.90 Å². The highest BCUT2D eigenvalue weighted by Crippen LogP contribution is 2.37. The molecule has 0 bridgehead atoms. The van der Waals surface area contributed by atoms with Gasteiger partial charge in [-0.05, 0) is 36.0 Å². The van der Waals surface area contributed by atoms with Gasteiger partial charge in [-0.2, -0.15) is 0 Å². The van der Waals surface area contributed by atoms with Gasteiger partial charge in [0.2, 0.25) is 6.79 Å². The standard InChI is InChI=1S/C32H41NO7/c1-24(34)39-23-40-31(36)12-8-3-2-7-11-28-30(21-29(35)32(28)33-17-19-37-20-18-33)38-22-25-13-15-27(16-14-25)26-9-5-4-6-10-26/h2-6,9-10,13-16,28-30,32,35H,7-8,11-12,17-23H2,1H3/b3-2-/t28?,29-,30-,32+/m0/s1. The van der Waals surface area contributed by atoms with E-state index in [1.54, 1.807) is 0 Å². The quantitative estimate of drug-likeness (QED) is 0.221. The Morgan fingerprint density at radius 1 is 0.975 bits per heavy atom. The second-order valence-electron chi connectivity index (χ2n) is 10.4. The van der Waals surface area contributed by atoms with E-state index in [0.29, 0.717) is 32.7 Å². The first kappa shape index (κ1) is 29.9. The fraction of sp³-hybridized carbons (Fsp3) is 0.500. The Kier molecular flexibility index (Phi) is 11.7. The molecular formula is C32H41NO7.